The zero-order chi connectivity index (χ0) is 10.6. The Balaban J connectivity index is 2.90. The number of hydrogen-bond acceptors (Lipinski definition) is 4. The number of hydrogen-bond donors (Lipinski definition) is 3. The van der Waals surface area contributed by atoms with Crippen LogP contribution in [0.1, 0.15) is 12.0 Å². The molecule has 5 nitrogen and oxygen atoms in total. The van der Waals surface area contributed by atoms with Gasteiger partial charge in [-0.3, -0.25) is 9.78 Å². The second-order valence-corrected chi connectivity index (χ2v) is 2.63. The molecule has 1 rings (SSSR count). The Labute approximate surface area is 81.3 Å². The summed E-state index contributed by atoms with van der Waals surface area (Å²) in [7, 11) is 0. The first-order chi connectivity index (χ1) is 6.61. The molecule has 0 radical (unpaired) electrons. The molecular formula is C9H10N4O. The summed E-state index contributed by atoms with van der Waals surface area (Å²) in [6.07, 6.45) is 2.92. The van der Waals surface area contributed by atoms with E-state index >= 15 is 0 Å². The Morgan fingerprint density at radius 2 is 2.14 bits per heavy atom. The number of pyridine rings is 1. The smallest absolute Gasteiger partial charge is 0.229 e. The van der Waals surface area contributed by atoms with Crippen LogP contribution in [0.4, 0.5) is 11.4 Å². The van der Waals surface area contributed by atoms with Gasteiger partial charge in [-0.2, -0.15) is 0 Å². The fourth-order valence-corrected chi connectivity index (χ4v) is 0.813. The van der Waals surface area contributed by atoms with Gasteiger partial charge in [0.1, 0.15) is 0 Å². The van der Waals surface area contributed by atoms with Crippen LogP contribution in [0.2, 0.25) is 0 Å². The number of carbonyl (C=O) groups excluding carboxylic acids is 1. The maximum absolute atomic E-state index is 10.4. The van der Waals surface area contributed by atoms with E-state index < -0.39 is 5.91 Å². The summed E-state index contributed by atoms with van der Waals surface area (Å²) in [6, 6.07) is 0. The van der Waals surface area contributed by atoms with Gasteiger partial charge >= 0.3 is 0 Å². The van der Waals surface area contributed by atoms with E-state index in [1.54, 1.807) is 0 Å². The van der Waals surface area contributed by atoms with Crippen molar-refractivity contribution in [2.75, 3.05) is 11.5 Å². The van der Waals surface area contributed by atoms with Gasteiger partial charge < -0.3 is 17.2 Å². The summed E-state index contributed by atoms with van der Waals surface area (Å²) in [5, 5.41) is 0. The third-order valence-electron chi connectivity index (χ3n) is 1.50. The van der Waals surface area contributed by atoms with Gasteiger partial charge in [0, 0.05) is 6.20 Å². The quantitative estimate of drug-likeness (QED) is 0.517. The summed E-state index contributed by atoms with van der Waals surface area (Å²) in [6.45, 7) is 0. The molecule has 0 aromatic carbocycles. The van der Waals surface area contributed by atoms with E-state index in [9.17, 15) is 4.79 Å². The molecule has 72 valence electrons. The first-order valence-corrected chi connectivity index (χ1v) is 3.87. The summed E-state index contributed by atoms with van der Waals surface area (Å²) >= 11 is 0. The van der Waals surface area contributed by atoms with Crippen LogP contribution in [0.5, 0.6) is 0 Å². The van der Waals surface area contributed by atoms with Crippen LogP contribution in [0.15, 0.2) is 12.4 Å². The van der Waals surface area contributed by atoms with E-state index in [0.29, 0.717) is 16.9 Å². The number of rotatable bonds is 1. The van der Waals surface area contributed by atoms with Gasteiger partial charge in [-0.15, -0.1) is 0 Å². The maximum Gasteiger partial charge on any atom is 0.229 e. The van der Waals surface area contributed by atoms with Crippen molar-refractivity contribution in [2.45, 2.75) is 6.42 Å². The lowest BCUT2D eigenvalue weighted by Gasteiger charge is -1.99. The molecule has 6 N–H and O–H groups in total. The Bertz CT molecular complexity index is 417. The van der Waals surface area contributed by atoms with Crippen LogP contribution < -0.4 is 17.2 Å². The molecule has 14 heavy (non-hydrogen) atoms. The molecule has 0 aliphatic heterocycles. The second-order valence-electron chi connectivity index (χ2n) is 2.63. The highest BCUT2D eigenvalue weighted by Gasteiger charge is 1.98. The molecule has 1 amide bonds. The van der Waals surface area contributed by atoms with Crippen LogP contribution in [-0.4, -0.2) is 10.9 Å². The van der Waals surface area contributed by atoms with Crippen molar-refractivity contribution in [3.8, 4) is 11.8 Å². The zero-order valence-corrected chi connectivity index (χ0v) is 7.45. The van der Waals surface area contributed by atoms with E-state index in [-0.39, 0.29) is 6.42 Å². The van der Waals surface area contributed by atoms with Crippen molar-refractivity contribution in [3.05, 3.63) is 18.0 Å². The summed E-state index contributed by atoms with van der Waals surface area (Å²) in [4.78, 5) is 14.2. The fourth-order valence-electron chi connectivity index (χ4n) is 0.813. The standard InChI is InChI=1S/C9H10N4O/c10-7-5-13-4-6(9(7)12)2-1-3-8(11)14/h4-5H,3,10H2,(H2,11,14)(H2,12,13). The molecule has 1 aromatic rings. The van der Waals surface area contributed by atoms with Crippen molar-refractivity contribution < 1.29 is 4.79 Å². The van der Waals surface area contributed by atoms with Gasteiger partial charge in [-0.25, -0.2) is 0 Å². The van der Waals surface area contributed by atoms with Crippen molar-refractivity contribution in [1.82, 2.24) is 4.98 Å². The maximum atomic E-state index is 10.4. The predicted molar refractivity (Wildman–Crippen MR) is 53.8 cm³/mol. The van der Waals surface area contributed by atoms with Crippen molar-refractivity contribution in [2.24, 2.45) is 5.73 Å². The minimum absolute atomic E-state index is 0.00572. The van der Waals surface area contributed by atoms with Crippen molar-refractivity contribution in [1.29, 1.82) is 0 Å². The van der Waals surface area contributed by atoms with Gasteiger partial charge in [0.15, 0.2) is 0 Å². The highest BCUT2D eigenvalue weighted by Crippen LogP contribution is 2.16. The molecule has 0 atom stereocenters. The van der Waals surface area contributed by atoms with Gasteiger partial charge in [0.2, 0.25) is 5.91 Å². The summed E-state index contributed by atoms with van der Waals surface area (Å²) in [5.41, 5.74) is 17.3. The van der Waals surface area contributed by atoms with Crippen LogP contribution in [-0.2, 0) is 4.79 Å². The Morgan fingerprint density at radius 1 is 1.43 bits per heavy atom. The molecule has 0 saturated heterocycles. The number of anilines is 2. The van der Waals surface area contributed by atoms with Gasteiger partial charge in [0.05, 0.1) is 29.6 Å². The number of primary amides is 1. The normalized spacial score (nSPS) is 8.86. The number of nitrogens with zero attached hydrogens (tertiary/aromatic N) is 1. The summed E-state index contributed by atoms with van der Waals surface area (Å²) in [5.74, 6) is 4.76. The third-order valence-corrected chi connectivity index (χ3v) is 1.50. The van der Waals surface area contributed by atoms with Crippen LogP contribution in [0, 0.1) is 11.8 Å². The molecule has 0 aliphatic carbocycles. The molecule has 0 saturated carbocycles. The van der Waals surface area contributed by atoms with E-state index in [1.165, 1.54) is 12.4 Å². The first-order valence-electron chi connectivity index (χ1n) is 3.87. The van der Waals surface area contributed by atoms with E-state index in [0.717, 1.165) is 0 Å². The Kier molecular flexibility index (Phi) is 2.92. The van der Waals surface area contributed by atoms with Crippen LogP contribution >= 0.6 is 0 Å². The monoisotopic (exact) mass is 190 g/mol. The van der Waals surface area contributed by atoms with Crippen LogP contribution in [0.3, 0.4) is 0 Å². The number of aromatic nitrogens is 1. The largest absolute Gasteiger partial charge is 0.396 e. The second kappa shape index (κ2) is 4.14. The van der Waals surface area contributed by atoms with E-state index in [1.807, 2.05) is 0 Å². The lowest BCUT2D eigenvalue weighted by Crippen LogP contribution is -2.08. The average molecular weight is 190 g/mol. The Morgan fingerprint density at radius 3 is 2.79 bits per heavy atom. The molecule has 0 aliphatic rings. The number of amides is 1. The topological polar surface area (TPSA) is 108 Å². The zero-order valence-electron chi connectivity index (χ0n) is 7.45. The number of carbonyl (C=O) groups is 1. The number of nitrogens with two attached hydrogens (primary N) is 3. The molecule has 1 aromatic heterocycles. The van der Waals surface area contributed by atoms with Gasteiger partial charge in [0.25, 0.3) is 0 Å². The lowest BCUT2D eigenvalue weighted by molar-refractivity contribution is -0.117. The Hall–Kier alpha value is -2.22. The molecule has 0 unspecified atom stereocenters. The van der Waals surface area contributed by atoms with Crippen LogP contribution in [0.25, 0.3) is 0 Å². The average Bonchev–Trinajstić information content (AvgIpc) is 2.12. The first kappa shape index (κ1) is 9.86. The highest BCUT2D eigenvalue weighted by atomic mass is 16.1. The minimum Gasteiger partial charge on any atom is -0.396 e. The van der Waals surface area contributed by atoms with Crippen molar-refractivity contribution in [3.63, 3.8) is 0 Å². The highest BCUT2D eigenvalue weighted by molar-refractivity contribution is 5.77. The number of nitrogen functional groups attached to an aromatic ring is 2. The van der Waals surface area contributed by atoms with Gasteiger partial charge in [-0.1, -0.05) is 11.8 Å². The SMILES string of the molecule is NC(=O)CC#Cc1cncc(N)c1N. The third kappa shape index (κ3) is 2.38. The molecule has 0 spiro atoms. The fraction of sp³-hybridized carbons (Fsp3) is 0.111. The van der Waals surface area contributed by atoms with Crippen molar-refractivity contribution >= 4 is 17.3 Å². The molecule has 1 heterocycles. The molecule has 0 bridgehead atoms. The molecule has 0 fully saturated rings. The molecular weight excluding hydrogens is 180 g/mol. The van der Waals surface area contributed by atoms with Gasteiger partial charge in [-0.05, 0) is 0 Å². The van der Waals surface area contributed by atoms with E-state index in [4.69, 9.17) is 17.2 Å². The summed E-state index contributed by atoms with van der Waals surface area (Å²) < 4.78 is 0. The minimum atomic E-state index is -0.479. The van der Waals surface area contributed by atoms with E-state index in [2.05, 4.69) is 16.8 Å². The lowest BCUT2D eigenvalue weighted by atomic mass is 10.2. The molecule has 5 heteroatoms. The predicted octanol–water partition coefficient (Wildman–Crippen LogP) is -0.527.